The zero-order valence-electron chi connectivity index (χ0n) is 12.7. The van der Waals surface area contributed by atoms with Gasteiger partial charge in [-0.1, -0.05) is 6.92 Å². The van der Waals surface area contributed by atoms with E-state index in [-0.39, 0.29) is 0 Å². The van der Waals surface area contributed by atoms with Crippen molar-refractivity contribution in [2.24, 2.45) is 0 Å². The molecule has 0 bridgehead atoms. The molecule has 1 atom stereocenters. The molecule has 4 nitrogen and oxygen atoms in total. The summed E-state index contributed by atoms with van der Waals surface area (Å²) in [6.07, 6.45) is 0. The van der Waals surface area contributed by atoms with Crippen LogP contribution in [0.5, 0.6) is 0 Å². The number of hydrogen-bond acceptors (Lipinski definition) is 6. The molecule has 0 aliphatic heterocycles. The van der Waals surface area contributed by atoms with E-state index >= 15 is 0 Å². The third-order valence-corrected chi connectivity index (χ3v) is 5.39. The summed E-state index contributed by atoms with van der Waals surface area (Å²) >= 11 is 3.47. The fraction of sp³-hybridized carbons (Fsp3) is 0.571. The minimum Gasteiger partial charge on any atom is -0.345 e. The van der Waals surface area contributed by atoms with Crippen LogP contribution in [0.3, 0.4) is 0 Å². The van der Waals surface area contributed by atoms with Gasteiger partial charge in [-0.2, -0.15) is 0 Å². The summed E-state index contributed by atoms with van der Waals surface area (Å²) < 4.78 is 0. The highest BCUT2D eigenvalue weighted by Gasteiger charge is 2.16. The summed E-state index contributed by atoms with van der Waals surface area (Å²) in [7, 11) is 2.08. The van der Waals surface area contributed by atoms with Crippen LogP contribution < -0.4 is 10.2 Å². The molecule has 0 saturated carbocycles. The van der Waals surface area contributed by atoms with Crippen LogP contribution in [-0.2, 0) is 6.54 Å². The Hall–Kier alpha value is -0.980. The number of aryl methyl sites for hydroxylation is 2. The molecule has 0 aromatic carbocycles. The lowest BCUT2D eigenvalue weighted by Crippen LogP contribution is -2.17. The van der Waals surface area contributed by atoms with E-state index in [1.807, 2.05) is 6.92 Å². The Balaban J connectivity index is 2.10. The first-order chi connectivity index (χ1) is 9.51. The van der Waals surface area contributed by atoms with E-state index in [0.29, 0.717) is 6.04 Å². The summed E-state index contributed by atoms with van der Waals surface area (Å²) in [5, 5.41) is 7.75. The van der Waals surface area contributed by atoms with Crippen molar-refractivity contribution in [3.05, 3.63) is 26.7 Å². The molecule has 0 radical (unpaired) electrons. The lowest BCUT2D eigenvalue weighted by molar-refractivity contribution is 0.603. The third-order valence-electron chi connectivity index (χ3n) is 3.12. The molecule has 6 heteroatoms. The van der Waals surface area contributed by atoms with Crippen molar-refractivity contribution in [2.45, 2.75) is 40.3 Å². The van der Waals surface area contributed by atoms with Crippen LogP contribution in [0.25, 0.3) is 0 Å². The maximum absolute atomic E-state index is 4.70. The normalized spacial score (nSPS) is 12.7. The van der Waals surface area contributed by atoms with E-state index in [0.717, 1.165) is 34.6 Å². The highest BCUT2D eigenvalue weighted by molar-refractivity contribution is 7.15. The van der Waals surface area contributed by atoms with E-state index in [1.165, 1.54) is 4.88 Å². The van der Waals surface area contributed by atoms with Gasteiger partial charge in [0.15, 0.2) is 5.13 Å². The van der Waals surface area contributed by atoms with Crippen LogP contribution in [0.4, 0.5) is 5.13 Å². The van der Waals surface area contributed by atoms with Gasteiger partial charge in [0.25, 0.3) is 0 Å². The van der Waals surface area contributed by atoms with Gasteiger partial charge in [-0.15, -0.1) is 22.7 Å². The topological polar surface area (TPSA) is 41.0 Å². The molecule has 110 valence electrons. The van der Waals surface area contributed by atoms with Gasteiger partial charge in [-0.25, -0.2) is 9.97 Å². The number of nitrogens with one attached hydrogen (secondary N) is 1. The fourth-order valence-electron chi connectivity index (χ4n) is 2.15. The second-order valence-electron chi connectivity index (χ2n) is 4.94. The van der Waals surface area contributed by atoms with Crippen molar-refractivity contribution < 1.29 is 0 Å². The summed E-state index contributed by atoms with van der Waals surface area (Å²) in [6.45, 7) is 10.2. The summed E-state index contributed by atoms with van der Waals surface area (Å²) in [5.41, 5.74) is 2.24. The van der Waals surface area contributed by atoms with Crippen molar-refractivity contribution in [3.8, 4) is 0 Å². The van der Waals surface area contributed by atoms with E-state index in [9.17, 15) is 0 Å². The molecular formula is C14H22N4S2. The summed E-state index contributed by atoms with van der Waals surface area (Å²) in [6, 6.07) is 0.362. The van der Waals surface area contributed by atoms with E-state index in [2.05, 4.69) is 48.4 Å². The Bertz CT molecular complexity index is 561. The standard InChI is InChI=1S/C14H22N4S2/c1-6-15-9(2)13-10(3)16-14(20-13)18(5)7-12-8-19-11(4)17-12/h8-9,15H,6-7H2,1-5H3. The minimum atomic E-state index is 0.362. The first-order valence-corrected chi connectivity index (χ1v) is 8.53. The zero-order valence-corrected chi connectivity index (χ0v) is 14.4. The largest absolute Gasteiger partial charge is 0.345 e. The maximum Gasteiger partial charge on any atom is 0.185 e. The Morgan fingerprint density at radius 3 is 2.70 bits per heavy atom. The summed E-state index contributed by atoms with van der Waals surface area (Å²) in [4.78, 5) is 12.7. The zero-order chi connectivity index (χ0) is 14.7. The molecule has 2 heterocycles. The molecule has 1 N–H and O–H groups in total. The monoisotopic (exact) mass is 310 g/mol. The van der Waals surface area contributed by atoms with Gasteiger partial charge in [0.2, 0.25) is 0 Å². The second kappa shape index (κ2) is 6.65. The lowest BCUT2D eigenvalue weighted by Gasteiger charge is -2.14. The third kappa shape index (κ3) is 3.56. The lowest BCUT2D eigenvalue weighted by atomic mass is 10.2. The average Bonchev–Trinajstić information content (AvgIpc) is 2.96. The molecule has 1 unspecified atom stereocenters. The number of anilines is 1. The molecular weight excluding hydrogens is 288 g/mol. The van der Waals surface area contributed by atoms with Crippen molar-refractivity contribution in [1.29, 1.82) is 0 Å². The van der Waals surface area contributed by atoms with Gasteiger partial charge >= 0.3 is 0 Å². The number of nitrogens with zero attached hydrogens (tertiary/aromatic N) is 3. The predicted octanol–water partition coefficient (Wildman–Crippen LogP) is 3.52. The molecule has 0 fully saturated rings. The van der Waals surface area contributed by atoms with Crippen LogP contribution in [-0.4, -0.2) is 23.6 Å². The molecule has 0 amide bonds. The Morgan fingerprint density at radius 1 is 1.35 bits per heavy atom. The Labute approximate surface area is 128 Å². The molecule has 2 aromatic rings. The first-order valence-electron chi connectivity index (χ1n) is 6.84. The fourth-order valence-corrected chi connectivity index (χ4v) is 3.81. The van der Waals surface area contributed by atoms with E-state index in [4.69, 9.17) is 4.98 Å². The number of hydrogen-bond donors (Lipinski definition) is 1. The predicted molar refractivity (Wildman–Crippen MR) is 87.9 cm³/mol. The Kier molecular flexibility index (Phi) is 5.12. The molecule has 0 aliphatic rings. The Morgan fingerprint density at radius 2 is 2.10 bits per heavy atom. The van der Waals surface area contributed by atoms with Gasteiger partial charge in [-0.3, -0.25) is 0 Å². The van der Waals surface area contributed by atoms with Crippen molar-refractivity contribution in [1.82, 2.24) is 15.3 Å². The smallest absolute Gasteiger partial charge is 0.185 e. The molecule has 20 heavy (non-hydrogen) atoms. The van der Waals surface area contributed by atoms with Crippen LogP contribution in [0, 0.1) is 13.8 Å². The quantitative estimate of drug-likeness (QED) is 0.886. The number of rotatable bonds is 6. The average molecular weight is 310 g/mol. The summed E-state index contributed by atoms with van der Waals surface area (Å²) in [5.74, 6) is 0. The second-order valence-corrected chi connectivity index (χ2v) is 7.01. The SMILES string of the molecule is CCNC(C)c1sc(N(C)Cc2csc(C)n2)nc1C. The van der Waals surface area contributed by atoms with Gasteiger partial charge in [0, 0.05) is 23.3 Å². The van der Waals surface area contributed by atoms with Crippen LogP contribution in [0.2, 0.25) is 0 Å². The van der Waals surface area contributed by atoms with Gasteiger partial charge in [0.1, 0.15) is 0 Å². The molecule has 2 rings (SSSR count). The minimum absolute atomic E-state index is 0.362. The number of aromatic nitrogens is 2. The van der Waals surface area contributed by atoms with Crippen molar-refractivity contribution in [3.63, 3.8) is 0 Å². The highest BCUT2D eigenvalue weighted by Crippen LogP contribution is 2.30. The maximum atomic E-state index is 4.70. The van der Waals surface area contributed by atoms with Gasteiger partial charge in [-0.05, 0) is 27.3 Å². The van der Waals surface area contributed by atoms with E-state index < -0.39 is 0 Å². The molecule has 0 aliphatic carbocycles. The van der Waals surface area contributed by atoms with Crippen molar-refractivity contribution in [2.75, 3.05) is 18.5 Å². The van der Waals surface area contributed by atoms with Crippen molar-refractivity contribution >= 4 is 27.8 Å². The van der Waals surface area contributed by atoms with E-state index in [1.54, 1.807) is 22.7 Å². The highest BCUT2D eigenvalue weighted by atomic mass is 32.1. The van der Waals surface area contributed by atoms with Crippen LogP contribution in [0.15, 0.2) is 5.38 Å². The van der Waals surface area contributed by atoms with Crippen LogP contribution in [0.1, 0.15) is 41.2 Å². The van der Waals surface area contributed by atoms with Crippen LogP contribution >= 0.6 is 22.7 Å². The molecule has 2 aromatic heterocycles. The molecule has 0 saturated heterocycles. The van der Waals surface area contributed by atoms with Gasteiger partial charge in [0.05, 0.1) is 22.9 Å². The molecule has 0 spiro atoms. The van der Waals surface area contributed by atoms with Gasteiger partial charge < -0.3 is 10.2 Å². The first kappa shape index (κ1) is 15.4. The number of thiazole rings is 2.